The molecule has 0 saturated carbocycles. The van der Waals surface area contributed by atoms with Crippen LogP contribution in [-0.2, 0) is 4.74 Å². The molecular weight excluding hydrogens is 522 g/mol. The number of amides is 1. The van der Waals surface area contributed by atoms with E-state index in [1.54, 1.807) is 17.4 Å². The standard InChI is InChI=1S/C26H33N7O3S.H2S/c34-18-6-5-11-33(17-18)22-8-4-7-19(27-22)25(35)28-20-16-21-23(29-24(20)31-9-2-1-3-10-31)30-26(37-21)32-12-14-36-15-13-32;/h4,7-8,16,18,34H,1-3,5-6,9-15,17H2,(H,28,35);1H2/t18-;/m0./s1. The number of pyridine rings is 2. The lowest BCUT2D eigenvalue weighted by Crippen LogP contribution is -2.38. The number of carbonyl (C=O) groups excluding carboxylic acids is 1. The molecule has 0 unspecified atom stereocenters. The molecule has 10 nitrogen and oxygen atoms in total. The number of β-amino-alcohol motifs (C(OH)–C–C–N with tert-alkyl or cyclic N) is 1. The Morgan fingerprint density at radius 2 is 1.76 bits per heavy atom. The van der Waals surface area contributed by atoms with E-state index in [9.17, 15) is 9.90 Å². The molecule has 0 bridgehead atoms. The Bertz CT molecular complexity index is 1260. The van der Waals surface area contributed by atoms with Gasteiger partial charge in [0.1, 0.15) is 11.5 Å². The van der Waals surface area contributed by atoms with Gasteiger partial charge in [0.05, 0.1) is 29.7 Å². The van der Waals surface area contributed by atoms with Crippen LogP contribution >= 0.6 is 24.8 Å². The number of ether oxygens (including phenoxy) is 1. The number of nitrogens with zero attached hydrogens (tertiary/aromatic N) is 6. The van der Waals surface area contributed by atoms with Gasteiger partial charge in [-0.3, -0.25) is 4.79 Å². The van der Waals surface area contributed by atoms with E-state index in [2.05, 4.69) is 20.1 Å². The topological polar surface area (TPSA) is 107 Å². The minimum atomic E-state index is -0.361. The van der Waals surface area contributed by atoms with E-state index in [4.69, 9.17) is 14.7 Å². The third-order valence-electron chi connectivity index (χ3n) is 7.22. The number of carbonyl (C=O) groups is 1. The van der Waals surface area contributed by atoms with Crippen molar-refractivity contribution in [1.29, 1.82) is 0 Å². The van der Waals surface area contributed by atoms with Gasteiger partial charge in [-0.1, -0.05) is 17.4 Å². The molecule has 1 atom stereocenters. The lowest BCUT2D eigenvalue weighted by Gasteiger charge is -2.31. The molecule has 3 aliphatic heterocycles. The van der Waals surface area contributed by atoms with Gasteiger partial charge >= 0.3 is 0 Å². The van der Waals surface area contributed by atoms with Crippen LogP contribution < -0.4 is 20.0 Å². The van der Waals surface area contributed by atoms with Crippen molar-refractivity contribution >= 4 is 63.5 Å². The lowest BCUT2D eigenvalue weighted by molar-refractivity contribution is 0.102. The Morgan fingerprint density at radius 1 is 0.974 bits per heavy atom. The van der Waals surface area contributed by atoms with Gasteiger partial charge < -0.3 is 29.9 Å². The van der Waals surface area contributed by atoms with E-state index in [1.165, 1.54) is 6.42 Å². The molecule has 204 valence electrons. The molecular formula is C26H35N7O3S2. The zero-order chi connectivity index (χ0) is 25.2. The fourth-order valence-corrected chi connectivity index (χ4v) is 6.25. The first kappa shape index (κ1) is 26.9. The summed E-state index contributed by atoms with van der Waals surface area (Å²) in [4.78, 5) is 34.4. The molecule has 38 heavy (non-hydrogen) atoms. The second-order valence-electron chi connectivity index (χ2n) is 9.90. The van der Waals surface area contributed by atoms with Crippen LogP contribution in [0.1, 0.15) is 42.6 Å². The minimum absolute atomic E-state index is 0. The molecule has 12 heteroatoms. The molecule has 3 aromatic rings. The highest BCUT2D eigenvalue weighted by Gasteiger charge is 2.24. The summed E-state index contributed by atoms with van der Waals surface area (Å²) in [7, 11) is 0. The van der Waals surface area contributed by atoms with Crippen LogP contribution in [-0.4, -0.2) is 84.6 Å². The normalized spacial score (nSPS) is 20.3. The first-order valence-corrected chi connectivity index (χ1v) is 14.1. The third kappa shape index (κ3) is 5.83. The molecule has 3 aromatic heterocycles. The monoisotopic (exact) mass is 557 g/mol. The number of rotatable bonds is 5. The van der Waals surface area contributed by atoms with Gasteiger partial charge in [0.2, 0.25) is 0 Å². The van der Waals surface area contributed by atoms with Crippen molar-refractivity contribution in [3.8, 4) is 0 Å². The Hall–Kier alpha value is -2.67. The lowest BCUT2D eigenvalue weighted by atomic mass is 10.1. The van der Waals surface area contributed by atoms with Crippen LogP contribution in [0, 0.1) is 0 Å². The zero-order valence-electron chi connectivity index (χ0n) is 21.4. The number of hydrogen-bond donors (Lipinski definition) is 2. The van der Waals surface area contributed by atoms with E-state index in [0.717, 1.165) is 74.1 Å². The van der Waals surface area contributed by atoms with Crippen LogP contribution in [0.25, 0.3) is 10.3 Å². The Labute approximate surface area is 233 Å². The van der Waals surface area contributed by atoms with Crippen LogP contribution in [0.3, 0.4) is 0 Å². The molecule has 1 amide bonds. The average Bonchev–Trinajstić information content (AvgIpc) is 3.37. The minimum Gasteiger partial charge on any atom is -0.391 e. The maximum absolute atomic E-state index is 13.4. The molecule has 6 rings (SSSR count). The predicted molar refractivity (Wildman–Crippen MR) is 157 cm³/mol. The van der Waals surface area contributed by atoms with Crippen LogP contribution in [0.4, 0.5) is 22.5 Å². The summed E-state index contributed by atoms with van der Waals surface area (Å²) in [6.45, 7) is 6.22. The number of piperidine rings is 2. The molecule has 3 fully saturated rings. The zero-order valence-corrected chi connectivity index (χ0v) is 23.3. The van der Waals surface area contributed by atoms with Gasteiger partial charge in [0.15, 0.2) is 16.6 Å². The summed E-state index contributed by atoms with van der Waals surface area (Å²) >= 11 is 1.60. The largest absolute Gasteiger partial charge is 0.391 e. The molecule has 0 aromatic carbocycles. The predicted octanol–water partition coefficient (Wildman–Crippen LogP) is 3.24. The highest BCUT2D eigenvalue weighted by atomic mass is 32.1. The second-order valence-corrected chi connectivity index (χ2v) is 10.9. The molecule has 0 radical (unpaired) electrons. The van der Waals surface area contributed by atoms with Gasteiger partial charge in [-0.15, -0.1) is 0 Å². The first-order valence-electron chi connectivity index (χ1n) is 13.2. The summed E-state index contributed by atoms with van der Waals surface area (Å²) in [6.07, 6.45) is 4.77. The van der Waals surface area contributed by atoms with Crippen molar-refractivity contribution in [3.05, 3.63) is 30.0 Å². The van der Waals surface area contributed by atoms with Gasteiger partial charge in [0, 0.05) is 39.3 Å². The number of morpholine rings is 1. The average molecular weight is 558 g/mol. The van der Waals surface area contributed by atoms with Crippen molar-refractivity contribution in [2.75, 3.05) is 72.5 Å². The van der Waals surface area contributed by atoms with Gasteiger partial charge in [0.25, 0.3) is 5.91 Å². The van der Waals surface area contributed by atoms with Crippen LogP contribution in [0.2, 0.25) is 0 Å². The van der Waals surface area contributed by atoms with Gasteiger partial charge in [-0.25, -0.2) is 9.97 Å². The van der Waals surface area contributed by atoms with Gasteiger partial charge in [-0.2, -0.15) is 18.5 Å². The second kappa shape index (κ2) is 12.0. The Kier molecular flexibility index (Phi) is 8.51. The number of fused-ring (bicyclic) bond motifs is 1. The highest BCUT2D eigenvalue weighted by Crippen LogP contribution is 2.35. The summed E-state index contributed by atoms with van der Waals surface area (Å²) in [5.74, 6) is 1.22. The summed E-state index contributed by atoms with van der Waals surface area (Å²) in [5.41, 5.74) is 1.76. The van der Waals surface area contributed by atoms with Crippen molar-refractivity contribution in [3.63, 3.8) is 0 Å². The molecule has 0 aliphatic carbocycles. The maximum Gasteiger partial charge on any atom is 0.274 e. The third-order valence-corrected chi connectivity index (χ3v) is 8.28. The van der Waals surface area contributed by atoms with E-state index in [1.807, 2.05) is 23.1 Å². The van der Waals surface area contributed by atoms with Crippen molar-refractivity contribution in [2.24, 2.45) is 0 Å². The fourth-order valence-electron chi connectivity index (χ4n) is 5.25. The molecule has 3 saturated heterocycles. The number of aromatic nitrogens is 3. The Balaban J connectivity index is 0.00000294. The van der Waals surface area contributed by atoms with Crippen molar-refractivity contribution in [2.45, 2.75) is 38.2 Å². The molecule has 0 spiro atoms. The number of aliphatic hydroxyl groups is 1. The SMILES string of the molecule is O=C(Nc1cc2sc(N3CCOCC3)nc2nc1N1CCCCC1)c1cccc(N2CCC[C@H](O)C2)n1.S. The fraction of sp³-hybridized carbons (Fsp3) is 0.538. The number of thiazole rings is 1. The van der Waals surface area contributed by atoms with Crippen LogP contribution in [0.15, 0.2) is 24.3 Å². The first-order chi connectivity index (χ1) is 18.1. The van der Waals surface area contributed by atoms with E-state index >= 15 is 0 Å². The number of aliphatic hydroxyl groups excluding tert-OH is 1. The van der Waals surface area contributed by atoms with Gasteiger partial charge in [-0.05, 0) is 50.3 Å². The van der Waals surface area contributed by atoms with Crippen LogP contribution in [0.5, 0.6) is 0 Å². The van der Waals surface area contributed by atoms with Crippen molar-refractivity contribution in [1.82, 2.24) is 15.0 Å². The highest BCUT2D eigenvalue weighted by molar-refractivity contribution is 7.59. The number of nitrogens with one attached hydrogen (secondary N) is 1. The van der Waals surface area contributed by atoms with E-state index < -0.39 is 0 Å². The molecule has 6 heterocycles. The van der Waals surface area contributed by atoms with E-state index in [0.29, 0.717) is 42.6 Å². The quantitative estimate of drug-likeness (QED) is 0.489. The molecule has 2 N–H and O–H groups in total. The number of hydrogen-bond acceptors (Lipinski definition) is 10. The Morgan fingerprint density at radius 3 is 2.55 bits per heavy atom. The smallest absolute Gasteiger partial charge is 0.274 e. The number of anilines is 4. The molecule has 3 aliphatic rings. The van der Waals surface area contributed by atoms with E-state index in [-0.39, 0.29) is 25.5 Å². The van der Waals surface area contributed by atoms with Crippen molar-refractivity contribution < 1.29 is 14.6 Å². The maximum atomic E-state index is 13.4. The summed E-state index contributed by atoms with van der Waals surface area (Å²) < 4.78 is 6.44. The summed E-state index contributed by atoms with van der Waals surface area (Å²) in [6, 6.07) is 7.49. The summed E-state index contributed by atoms with van der Waals surface area (Å²) in [5, 5.41) is 14.1.